The summed E-state index contributed by atoms with van der Waals surface area (Å²) in [7, 11) is -3.23. The molecule has 1 fully saturated rings. The Morgan fingerprint density at radius 1 is 1.27 bits per heavy atom. The summed E-state index contributed by atoms with van der Waals surface area (Å²) >= 11 is 0. The fourth-order valence-electron chi connectivity index (χ4n) is 3.34. The summed E-state index contributed by atoms with van der Waals surface area (Å²) in [5.41, 5.74) is 0.158. The van der Waals surface area contributed by atoms with Crippen LogP contribution in [0.1, 0.15) is 31.4 Å². The van der Waals surface area contributed by atoms with Crippen LogP contribution in [0, 0.1) is 0 Å². The van der Waals surface area contributed by atoms with Crippen LogP contribution in [0.25, 0.3) is 0 Å². The number of sulfone groups is 1. The molecule has 0 aliphatic carbocycles. The number of nitrogens with one attached hydrogen (secondary N) is 2. The van der Waals surface area contributed by atoms with Crippen molar-refractivity contribution in [3.63, 3.8) is 0 Å². The predicted octanol–water partition coefficient (Wildman–Crippen LogP) is 1.24. The van der Waals surface area contributed by atoms with Gasteiger partial charge in [-0.15, -0.1) is 0 Å². The highest BCUT2D eigenvalue weighted by atomic mass is 32.2. The second kappa shape index (κ2) is 7.20. The molecule has 3 rings (SSSR count). The maximum Gasteiger partial charge on any atom is 0.248 e. The van der Waals surface area contributed by atoms with Gasteiger partial charge in [0.2, 0.25) is 5.91 Å². The van der Waals surface area contributed by atoms with Gasteiger partial charge in [-0.2, -0.15) is 5.10 Å². The number of rotatable bonds is 5. The zero-order valence-corrected chi connectivity index (χ0v) is 15.8. The summed E-state index contributed by atoms with van der Waals surface area (Å²) in [5, 5.41) is 10.7. The van der Waals surface area contributed by atoms with Crippen LogP contribution in [0.2, 0.25) is 0 Å². The van der Waals surface area contributed by atoms with Crippen LogP contribution in [0.3, 0.4) is 0 Å². The van der Waals surface area contributed by atoms with Gasteiger partial charge in [0.05, 0.1) is 10.9 Å². The van der Waals surface area contributed by atoms with E-state index < -0.39 is 15.4 Å². The molecule has 140 valence electrons. The largest absolute Gasteiger partial charge is 0.347 e. The highest BCUT2D eigenvalue weighted by Gasteiger charge is 2.42. The van der Waals surface area contributed by atoms with Crippen LogP contribution in [0.5, 0.6) is 0 Å². The number of hydrogen-bond acceptors (Lipinski definition) is 5. The number of aromatic nitrogens is 2. The van der Waals surface area contributed by atoms with Crippen molar-refractivity contribution in [1.29, 1.82) is 0 Å². The molecule has 1 unspecified atom stereocenters. The van der Waals surface area contributed by atoms with Crippen LogP contribution in [0.15, 0.2) is 47.6 Å². The number of hydrogen-bond donors (Lipinski definition) is 2. The van der Waals surface area contributed by atoms with E-state index in [0.29, 0.717) is 12.8 Å². The standard InChI is InChI=1S/C18H24N4O3S/c1-14(15-4-6-16(7-5-15)26(2,24)25)21-17(23)18(8-11-19-12-9-18)22-13-3-10-20-22/h3-7,10,13-14,19H,8-9,11-12H2,1-2H3,(H,21,23). The molecule has 1 amide bonds. The number of piperidine rings is 1. The van der Waals surface area contributed by atoms with Gasteiger partial charge in [-0.1, -0.05) is 12.1 Å². The zero-order chi connectivity index (χ0) is 18.8. The zero-order valence-electron chi connectivity index (χ0n) is 15.0. The first-order valence-electron chi connectivity index (χ1n) is 8.65. The van der Waals surface area contributed by atoms with Crippen LogP contribution in [0.4, 0.5) is 0 Å². The molecular formula is C18H24N4O3S. The Labute approximate surface area is 153 Å². The number of carbonyl (C=O) groups excluding carboxylic acids is 1. The van der Waals surface area contributed by atoms with Crippen molar-refractivity contribution < 1.29 is 13.2 Å². The lowest BCUT2D eigenvalue weighted by Gasteiger charge is -2.37. The van der Waals surface area contributed by atoms with Gasteiger partial charge in [0, 0.05) is 18.6 Å². The van der Waals surface area contributed by atoms with Crippen LogP contribution >= 0.6 is 0 Å². The molecule has 0 spiro atoms. The smallest absolute Gasteiger partial charge is 0.248 e. The summed E-state index contributed by atoms with van der Waals surface area (Å²) in [5.74, 6) is -0.0672. The minimum atomic E-state index is -3.23. The van der Waals surface area contributed by atoms with Gasteiger partial charge in [0.15, 0.2) is 9.84 Å². The molecule has 1 saturated heterocycles. The Bertz CT molecular complexity index is 854. The molecule has 26 heavy (non-hydrogen) atoms. The summed E-state index contributed by atoms with van der Waals surface area (Å²) < 4.78 is 24.9. The number of nitrogens with zero attached hydrogens (tertiary/aromatic N) is 2. The fraction of sp³-hybridized carbons (Fsp3) is 0.444. The van der Waals surface area contributed by atoms with E-state index in [1.54, 1.807) is 35.1 Å². The Morgan fingerprint density at radius 2 is 1.92 bits per heavy atom. The third kappa shape index (κ3) is 3.66. The molecule has 8 heteroatoms. The monoisotopic (exact) mass is 376 g/mol. The Kier molecular flexibility index (Phi) is 5.15. The molecule has 2 heterocycles. The average Bonchev–Trinajstić information content (AvgIpc) is 3.17. The molecule has 1 atom stereocenters. The van der Waals surface area contributed by atoms with E-state index in [2.05, 4.69) is 15.7 Å². The molecule has 1 aliphatic heterocycles. The van der Waals surface area contributed by atoms with Crippen LogP contribution in [-0.4, -0.2) is 43.5 Å². The third-order valence-electron chi connectivity index (χ3n) is 4.95. The quantitative estimate of drug-likeness (QED) is 0.819. The highest BCUT2D eigenvalue weighted by molar-refractivity contribution is 7.90. The second-order valence-corrected chi connectivity index (χ2v) is 8.78. The van der Waals surface area contributed by atoms with Gasteiger partial charge in [-0.3, -0.25) is 9.48 Å². The molecule has 0 saturated carbocycles. The Balaban J connectivity index is 1.79. The topological polar surface area (TPSA) is 93.1 Å². The molecule has 2 aromatic rings. The van der Waals surface area contributed by atoms with Gasteiger partial charge in [-0.25, -0.2) is 8.42 Å². The number of carbonyl (C=O) groups is 1. The van der Waals surface area contributed by atoms with Crippen LogP contribution in [-0.2, 0) is 20.2 Å². The summed E-state index contributed by atoms with van der Waals surface area (Å²) in [6.45, 7) is 3.40. The van der Waals surface area contributed by atoms with Gasteiger partial charge in [-0.05, 0) is 56.6 Å². The number of benzene rings is 1. The normalized spacial score (nSPS) is 18.2. The molecule has 1 aromatic heterocycles. The predicted molar refractivity (Wildman–Crippen MR) is 98.4 cm³/mol. The van der Waals surface area contributed by atoms with E-state index >= 15 is 0 Å². The van der Waals surface area contributed by atoms with Gasteiger partial charge >= 0.3 is 0 Å². The first-order chi connectivity index (χ1) is 12.3. The van der Waals surface area contributed by atoms with Crippen molar-refractivity contribution in [3.05, 3.63) is 48.3 Å². The van der Waals surface area contributed by atoms with E-state index in [-0.39, 0.29) is 16.8 Å². The Hall–Kier alpha value is -2.19. The lowest BCUT2D eigenvalue weighted by molar-refractivity contribution is -0.132. The first kappa shape index (κ1) is 18.6. The van der Waals surface area contributed by atoms with Gasteiger partial charge in [0.1, 0.15) is 5.54 Å². The minimum Gasteiger partial charge on any atom is -0.347 e. The molecular weight excluding hydrogens is 352 g/mol. The van der Waals surface area contributed by atoms with Gasteiger partial charge in [0.25, 0.3) is 0 Å². The SMILES string of the molecule is CC(NC(=O)C1(n2cccn2)CCNCC1)c1ccc(S(C)(=O)=O)cc1. The minimum absolute atomic E-state index is 0.0672. The Morgan fingerprint density at radius 3 is 2.46 bits per heavy atom. The second-order valence-electron chi connectivity index (χ2n) is 6.77. The van der Waals surface area contributed by atoms with E-state index in [0.717, 1.165) is 18.7 Å². The van der Waals surface area contributed by atoms with Crippen LogP contribution < -0.4 is 10.6 Å². The molecule has 7 nitrogen and oxygen atoms in total. The average molecular weight is 376 g/mol. The van der Waals surface area contributed by atoms with E-state index in [4.69, 9.17) is 0 Å². The van der Waals surface area contributed by atoms with Crippen molar-refractivity contribution in [2.45, 2.75) is 36.2 Å². The first-order valence-corrected chi connectivity index (χ1v) is 10.5. The lowest BCUT2D eigenvalue weighted by Crippen LogP contribution is -2.55. The summed E-state index contributed by atoms with van der Waals surface area (Å²) in [4.78, 5) is 13.4. The highest BCUT2D eigenvalue weighted by Crippen LogP contribution is 2.28. The molecule has 0 bridgehead atoms. The van der Waals surface area contributed by atoms with Crippen molar-refractivity contribution in [1.82, 2.24) is 20.4 Å². The number of amides is 1. The van der Waals surface area contributed by atoms with Crippen molar-refractivity contribution in [3.8, 4) is 0 Å². The third-order valence-corrected chi connectivity index (χ3v) is 6.08. The molecule has 1 aliphatic rings. The van der Waals surface area contributed by atoms with E-state index in [1.807, 2.05) is 19.2 Å². The fourth-order valence-corrected chi connectivity index (χ4v) is 3.97. The molecule has 1 aromatic carbocycles. The van der Waals surface area contributed by atoms with Gasteiger partial charge < -0.3 is 10.6 Å². The maximum atomic E-state index is 13.1. The lowest BCUT2D eigenvalue weighted by atomic mass is 9.87. The maximum absolute atomic E-state index is 13.1. The summed E-state index contributed by atoms with van der Waals surface area (Å²) in [6, 6.07) is 8.21. The summed E-state index contributed by atoms with van der Waals surface area (Å²) in [6.07, 6.45) is 6.03. The van der Waals surface area contributed by atoms with Crippen molar-refractivity contribution >= 4 is 15.7 Å². The van der Waals surface area contributed by atoms with Crippen molar-refractivity contribution in [2.24, 2.45) is 0 Å². The van der Waals surface area contributed by atoms with E-state index in [1.165, 1.54) is 6.26 Å². The molecule has 2 N–H and O–H groups in total. The molecule has 0 radical (unpaired) electrons. The van der Waals surface area contributed by atoms with Crippen molar-refractivity contribution in [2.75, 3.05) is 19.3 Å². The van der Waals surface area contributed by atoms with E-state index in [9.17, 15) is 13.2 Å².